The second-order valence-electron chi connectivity index (χ2n) is 8.23. The van der Waals surface area contributed by atoms with Crippen LogP contribution >= 0.6 is 11.3 Å². The Morgan fingerprint density at radius 3 is 2.64 bits per heavy atom. The van der Waals surface area contributed by atoms with Gasteiger partial charge < -0.3 is 4.57 Å². The van der Waals surface area contributed by atoms with Gasteiger partial charge >= 0.3 is 0 Å². The summed E-state index contributed by atoms with van der Waals surface area (Å²) in [6, 6.07) is 12.2. The maximum Gasteiger partial charge on any atom is 0.279 e. The number of amides is 1. The van der Waals surface area contributed by atoms with Crippen LogP contribution in [0.25, 0.3) is 10.2 Å². The Morgan fingerprint density at radius 2 is 1.97 bits per heavy atom. The monoisotopic (exact) mass is 481 g/mol. The summed E-state index contributed by atoms with van der Waals surface area (Å²) in [6.07, 6.45) is 9.24. The Labute approximate surface area is 198 Å². The maximum absolute atomic E-state index is 13.0. The molecule has 1 aliphatic rings. The van der Waals surface area contributed by atoms with Crippen LogP contribution in [0.3, 0.4) is 0 Å². The van der Waals surface area contributed by atoms with Gasteiger partial charge in [-0.25, -0.2) is 8.42 Å². The lowest BCUT2D eigenvalue weighted by molar-refractivity contribution is 0.0997. The fraction of sp³-hybridized carbons (Fsp3) is 0.360. The quantitative estimate of drug-likeness (QED) is 0.513. The largest absolute Gasteiger partial charge is 0.305 e. The lowest BCUT2D eigenvalue weighted by atomic mass is 10.1. The molecule has 1 unspecified atom stereocenters. The molecule has 1 aromatic heterocycles. The number of terminal acetylenes is 1. The third-order valence-electron chi connectivity index (χ3n) is 6.05. The molecule has 1 atom stereocenters. The van der Waals surface area contributed by atoms with Crippen molar-refractivity contribution in [3.05, 3.63) is 58.4 Å². The summed E-state index contributed by atoms with van der Waals surface area (Å²) in [7, 11) is -3.58. The molecule has 2 heterocycles. The third kappa shape index (κ3) is 4.67. The highest BCUT2D eigenvalue weighted by molar-refractivity contribution is 7.89. The predicted octanol–water partition coefficient (Wildman–Crippen LogP) is 4.20. The molecule has 6 nitrogen and oxygen atoms in total. The number of aromatic nitrogens is 1. The molecule has 1 amide bonds. The minimum absolute atomic E-state index is 0.0205. The minimum atomic E-state index is -3.58. The van der Waals surface area contributed by atoms with E-state index in [1.54, 1.807) is 4.31 Å². The summed E-state index contributed by atoms with van der Waals surface area (Å²) < 4.78 is 30.5. The van der Waals surface area contributed by atoms with E-state index in [0.717, 1.165) is 35.9 Å². The van der Waals surface area contributed by atoms with E-state index in [2.05, 4.69) is 30.0 Å². The number of sulfonamides is 1. The van der Waals surface area contributed by atoms with Crippen molar-refractivity contribution >= 4 is 37.5 Å². The van der Waals surface area contributed by atoms with E-state index >= 15 is 0 Å². The van der Waals surface area contributed by atoms with Crippen LogP contribution in [0.4, 0.5) is 0 Å². The number of hydrogen-bond acceptors (Lipinski definition) is 4. The average molecular weight is 482 g/mol. The lowest BCUT2D eigenvalue weighted by Crippen LogP contribution is -2.41. The molecule has 33 heavy (non-hydrogen) atoms. The number of carbonyl (C=O) groups excluding carboxylic acids is 1. The Kier molecular flexibility index (Phi) is 6.84. The van der Waals surface area contributed by atoms with Gasteiger partial charge in [-0.05, 0) is 68.1 Å². The summed E-state index contributed by atoms with van der Waals surface area (Å²) in [4.78, 5) is 17.9. The third-order valence-corrected chi connectivity index (χ3v) is 9.12. The fourth-order valence-electron chi connectivity index (χ4n) is 4.15. The number of rotatable bonds is 5. The first-order valence-electron chi connectivity index (χ1n) is 11.1. The molecule has 8 heteroatoms. The molecule has 0 bridgehead atoms. The summed E-state index contributed by atoms with van der Waals surface area (Å²) in [5, 5.41) is 0. The first-order chi connectivity index (χ1) is 15.8. The van der Waals surface area contributed by atoms with Gasteiger partial charge in [0.1, 0.15) is 0 Å². The first kappa shape index (κ1) is 23.4. The van der Waals surface area contributed by atoms with E-state index in [9.17, 15) is 13.2 Å². The first-order valence-corrected chi connectivity index (χ1v) is 13.4. The number of hydrogen-bond donors (Lipinski definition) is 0. The van der Waals surface area contributed by atoms with Crippen molar-refractivity contribution in [3.8, 4) is 12.3 Å². The van der Waals surface area contributed by atoms with Crippen LogP contribution in [0, 0.1) is 12.3 Å². The van der Waals surface area contributed by atoms with Crippen molar-refractivity contribution in [2.24, 2.45) is 4.99 Å². The number of carbonyl (C=O) groups is 1. The fourth-order valence-corrected chi connectivity index (χ4v) is 6.94. The number of benzene rings is 2. The molecule has 2 aromatic carbocycles. The Bertz CT molecular complexity index is 1390. The number of nitrogens with zero attached hydrogens (tertiary/aromatic N) is 3. The molecule has 1 saturated heterocycles. The molecule has 0 aliphatic carbocycles. The minimum Gasteiger partial charge on any atom is -0.305 e. The zero-order valence-corrected chi connectivity index (χ0v) is 20.5. The van der Waals surface area contributed by atoms with Crippen LogP contribution < -0.4 is 4.80 Å². The van der Waals surface area contributed by atoms with Crippen molar-refractivity contribution in [3.63, 3.8) is 0 Å². The van der Waals surface area contributed by atoms with Crippen molar-refractivity contribution in [2.75, 3.05) is 6.54 Å². The SMILES string of the molecule is C#CCn1c(=NC(=O)c2ccc(S(=O)(=O)N3CCCCC3C)cc2)sc2cc(CC)ccc21. The molecular formula is C25H27N3O3S2. The lowest BCUT2D eigenvalue weighted by Gasteiger charge is -2.32. The van der Waals surface area contributed by atoms with Gasteiger partial charge in [0.05, 0.1) is 21.7 Å². The highest BCUT2D eigenvalue weighted by Gasteiger charge is 2.30. The molecule has 1 aliphatic heterocycles. The molecule has 4 rings (SSSR count). The topological polar surface area (TPSA) is 71.7 Å². The number of thiazole rings is 1. The Balaban J connectivity index is 1.66. The van der Waals surface area contributed by atoms with E-state index in [-0.39, 0.29) is 10.9 Å². The van der Waals surface area contributed by atoms with E-state index in [1.807, 2.05) is 17.6 Å². The summed E-state index contributed by atoms with van der Waals surface area (Å²) in [5.41, 5.74) is 2.48. The predicted molar refractivity (Wildman–Crippen MR) is 132 cm³/mol. The van der Waals surface area contributed by atoms with Gasteiger partial charge in [-0.3, -0.25) is 4.79 Å². The average Bonchev–Trinajstić information content (AvgIpc) is 3.15. The van der Waals surface area contributed by atoms with Crippen LogP contribution in [0.1, 0.15) is 49.0 Å². The van der Waals surface area contributed by atoms with Crippen LogP contribution in [-0.4, -0.2) is 35.8 Å². The van der Waals surface area contributed by atoms with Gasteiger partial charge in [0.2, 0.25) is 10.0 Å². The van der Waals surface area contributed by atoms with Crippen LogP contribution in [0.5, 0.6) is 0 Å². The van der Waals surface area contributed by atoms with Crippen LogP contribution in [-0.2, 0) is 23.0 Å². The van der Waals surface area contributed by atoms with Crippen LogP contribution in [0.15, 0.2) is 52.4 Å². The molecule has 0 N–H and O–H groups in total. The second-order valence-corrected chi connectivity index (χ2v) is 11.1. The van der Waals surface area contributed by atoms with E-state index < -0.39 is 15.9 Å². The van der Waals surface area contributed by atoms with Gasteiger partial charge in [0.25, 0.3) is 5.91 Å². The van der Waals surface area contributed by atoms with Crippen molar-refractivity contribution in [1.29, 1.82) is 0 Å². The highest BCUT2D eigenvalue weighted by Crippen LogP contribution is 2.25. The summed E-state index contributed by atoms with van der Waals surface area (Å²) in [6.45, 7) is 4.87. The van der Waals surface area contributed by atoms with E-state index in [4.69, 9.17) is 6.42 Å². The Hall–Kier alpha value is -2.73. The van der Waals surface area contributed by atoms with Crippen LogP contribution in [0.2, 0.25) is 0 Å². The van der Waals surface area contributed by atoms with Crippen molar-refractivity contribution < 1.29 is 13.2 Å². The second kappa shape index (κ2) is 9.64. The summed E-state index contributed by atoms with van der Waals surface area (Å²) in [5.74, 6) is 2.20. The molecule has 172 valence electrons. The Morgan fingerprint density at radius 1 is 1.21 bits per heavy atom. The molecule has 0 radical (unpaired) electrons. The standard InChI is InChI=1S/C25H27N3O3S2/c1-4-15-27-22-14-9-19(5-2)17-23(22)32-25(27)26-24(29)20-10-12-21(13-11-20)33(30,31)28-16-7-6-8-18(28)3/h1,9-14,17-18H,5-8,15-16H2,2-3H3. The number of aryl methyl sites for hydroxylation is 1. The maximum atomic E-state index is 13.0. The highest BCUT2D eigenvalue weighted by atomic mass is 32.2. The number of fused-ring (bicyclic) bond motifs is 1. The zero-order chi connectivity index (χ0) is 23.6. The molecule has 0 spiro atoms. The normalized spacial score (nSPS) is 17.8. The number of piperidine rings is 1. The molecule has 3 aromatic rings. The molecule has 0 saturated carbocycles. The van der Waals surface area contributed by atoms with E-state index in [1.165, 1.54) is 41.2 Å². The molecular weight excluding hydrogens is 454 g/mol. The smallest absolute Gasteiger partial charge is 0.279 e. The zero-order valence-electron chi connectivity index (χ0n) is 18.8. The van der Waals surface area contributed by atoms with Gasteiger partial charge in [0.15, 0.2) is 4.80 Å². The van der Waals surface area contributed by atoms with Gasteiger partial charge in [-0.1, -0.05) is 36.7 Å². The van der Waals surface area contributed by atoms with Gasteiger partial charge in [-0.15, -0.1) is 6.42 Å². The van der Waals surface area contributed by atoms with E-state index in [0.29, 0.717) is 23.5 Å². The summed E-state index contributed by atoms with van der Waals surface area (Å²) >= 11 is 1.42. The van der Waals surface area contributed by atoms with Crippen molar-refractivity contribution in [2.45, 2.75) is 57.0 Å². The molecule has 1 fully saturated rings. The van der Waals surface area contributed by atoms with Crippen molar-refractivity contribution in [1.82, 2.24) is 8.87 Å². The van der Waals surface area contributed by atoms with Gasteiger partial charge in [0, 0.05) is 18.2 Å². The van der Waals surface area contributed by atoms with Gasteiger partial charge in [-0.2, -0.15) is 9.30 Å².